The van der Waals surface area contributed by atoms with Gasteiger partial charge in [-0.2, -0.15) is 0 Å². The summed E-state index contributed by atoms with van der Waals surface area (Å²) in [5.41, 5.74) is 2.62. The second-order valence-electron chi connectivity index (χ2n) is 7.13. The first kappa shape index (κ1) is 21.0. The van der Waals surface area contributed by atoms with Crippen molar-refractivity contribution in [3.8, 4) is 0 Å². The molecule has 1 N–H and O–H groups in total. The first-order chi connectivity index (χ1) is 15.7. The molecule has 0 saturated heterocycles. The van der Waals surface area contributed by atoms with E-state index in [0.29, 0.717) is 6.54 Å². The Morgan fingerprint density at radius 1 is 0.875 bits per heavy atom. The van der Waals surface area contributed by atoms with Crippen molar-refractivity contribution < 1.29 is 4.92 Å². The van der Waals surface area contributed by atoms with E-state index >= 15 is 0 Å². The molecular formula is C25H23N5O2. The molecule has 0 atom stereocenters. The van der Waals surface area contributed by atoms with Gasteiger partial charge in [-0.3, -0.25) is 10.1 Å². The van der Waals surface area contributed by atoms with Crippen molar-refractivity contribution in [1.29, 1.82) is 0 Å². The molecule has 0 unspecified atom stereocenters. The molecule has 0 aliphatic rings. The number of hydrogen-bond donors (Lipinski definition) is 1. The third-order valence-corrected chi connectivity index (χ3v) is 5.17. The summed E-state index contributed by atoms with van der Waals surface area (Å²) in [5, 5.41) is 15.5. The minimum Gasteiger partial charge on any atom is -0.353 e. The van der Waals surface area contributed by atoms with Crippen LogP contribution in [0.2, 0.25) is 0 Å². The van der Waals surface area contributed by atoms with Gasteiger partial charge >= 0.3 is 5.69 Å². The predicted molar refractivity (Wildman–Crippen MR) is 126 cm³/mol. The molecule has 0 aliphatic carbocycles. The van der Waals surface area contributed by atoms with E-state index in [2.05, 4.69) is 15.3 Å². The van der Waals surface area contributed by atoms with Crippen LogP contribution in [0.4, 0.5) is 23.0 Å². The summed E-state index contributed by atoms with van der Waals surface area (Å²) in [4.78, 5) is 22.2. The van der Waals surface area contributed by atoms with Crippen LogP contribution in [-0.2, 0) is 0 Å². The van der Waals surface area contributed by atoms with Crippen LogP contribution in [0.1, 0.15) is 24.1 Å². The number of anilines is 3. The van der Waals surface area contributed by atoms with E-state index in [4.69, 9.17) is 0 Å². The van der Waals surface area contributed by atoms with Crippen molar-refractivity contribution in [1.82, 2.24) is 9.97 Å². The van der Waals surface area contributed by atoms with E-state index in [1.165, 1.54) is 6.33 Å². The highest BCUT2D eigenvalue weighted by molar-refractivity contribution is 5.76. The van der Waals surface area contributed by atoms with Gasteiger partial charge < -0.3 is 10.2 Å². The lowest BCUT2D eigenvalue weighted by Crippen LogP contribution is -2.21. The van der Waals surface area contributed by atoms with Gasteiger partial charge in [-0.15, -0.1) is 0 Å². The van der Waals surface area contributed by atoms with Gasteiger partial charge in [0.15, 0.2) is 0 Å². The van der Waals surface area contributed by atoms with E-state index < -0.39 is 4.92 Å². The number of rotatable bonds is 8. The lowest BCUT2D eigenvalue weighted by Gasteiger charge is -2.24. The van der Waals surface area contributed by atoms with Gasteiger partial charge in [0.2, 0.25) is 11.6 Å². The minimum absolute atomic E-state index is 0.157. The highest BCUT2D eigenvalue weighted by atomic mass is 16.6. The monoisotopic (exact) mass is 425 g/mol. The standard InChI is InChI=1S/C25H23N5O2/c1-2-29(21-16-10-5-11-17-21)25-23(30(31)32)24(26-18-27-25)28-22(19-12-6-3-7-13-19)20-14-8-4-9-15-20/h3-18,22H,2H2,1H3,(H,26,27,28). The fourth-order valence-electron chi connectivity index (χ4n) is 3.69. The van der Waals surface area contributed by atoms with E-state index in [9.17, 15) is 10.1 Å². The second kappa shape index (κ2) is 9.70. The molecule has 0 spiro atoms. The molecule has 4 aromatic rings. The summed E-state index contributed by atoms with van der Waals surface area (Å²) in [6.45, 7) is 2.45. The smallest absolute Gasteiger partial charge is 0.353 e. The van der Waals surface area contributed by atoms with Gasteiger partial charge in [0.1, 0.15) is 6.33 Å². The number of benzene rings is 3. The maximum atomic E-state index is 12.2. The van der Waals surface area contributed by atoms with Crippen LogP contribution < -0.4 is 10.2 Å². The van der Waals surface area contributed by atoms with Crippen molar-refractivity contribution in [3.63, 3.8) is 0 Å². The fraction of sp³-hybridized carbons (Fsp3) is 0.120. The molecule has 7 nitrogen and oxygen atoms in total. The molecular weight excluding hydrogens is 402 g/mol. The molecule has 1 heterocycles. The Hall–Kier alpha value is -4.26. The largest absolute Gasteiger partial charge is 0.353 e. The number of hydrogen-bond acceptors (Lipinski definition) is 6. The summed E-state index contributed by atoms with van der Waals surface area (Å²) in [7, 11) is 0. The van der Waals surface area contributed by atoms with Crippen molar-refractivity contribution in [2.75, 3.05) is 16.8 Å². The Bertz CT molecular complexity index is 1130. The van der Waals surface area contributed by atoms with Crippen LogP contribution in [0.5, 0.6) is 0 Å². The maximum Gasteiger partial charge on any atom is 0.353 e. The van der Waals surface area contributed by atoms with Crippen molar-refractivity contribution in [3.05, 3.63) is 119 Å². The third-order valence-electron chi connectivity index (χ3n) is 5.17. The van der Waals surface area contributed by atoms with Crippen LogP contribution in [0.3, 0.4) is 0 Å². The normalized spacial score (nSPS) is 10.7. The van der Waals surface area contributed by atoms with Crippen LogP contribution in [0, 0.1) is 10.1 Å². The van der Waals surface area contributed by atoms with E-state index in [1.807, 2.05) is 103 Å². The fourth-order valence-corrected chi connectivity index (χ4v) is 3.69. The number of nitrogens with one attached hydrogen (secondary N) is 1. The molecule has 1 aromatic heterocycles. The predicted octanol–water partition coefficient (Wildman–Crippen LogP) is 5.74. The molecule has 0 saturated carbocycles. The lowest BCUT2D eigenvalue weighted by atomic mass is 9.98. The Morgan fingerprint density at radius 2 is 1.41 bits per heavy atom. The summed E-state index contributed by atoms with van der Waals surface area (Å²) >= 11 is 0. The van der Waals surface area contributed by atoms with Crippen LogP contribution in [-0.4, -0.2) is 21.4 Å². The summed E-state index contributed by atoms with van der Waals surface area (Å²) in [5.74, 6) is 0.424. The van der Waals surface area contributed by atoms with Crippen molar-refractivity contribution >= 4 is 23.0 Å². The Morgan fingerprint density at radius 3 is 1.91 bits per heavy atom. The molecule has 0 fully saturated rings. The maximum absolute atomic E-state index is 12.2. The van der Waals surface area contributed by atoms with Gasteiger partial charge in [0.25, 0.3) is 0 Å². The zero-order valence-corrected chi connectivity index (χ0v) is 17.6. The van der Waals surface area contributed by atoms with E-state index in [-0.39, 0.29) is 23.4 Å². The average molecular weight is 425 g/mol. The first-order valence-corrected chi connectivity index (χ1v) is 10.4. The quantitative estimate of drug-likeness (QED) is 0.286. The molecule has 0 bridgehead atoms. The molecule has 7 heteroatoms. The number of aromatic nitrogens is 2. The molecule has 0 amide bonds. The summed E-state index contributed by atoms with van der Waals surface area (Å²) < 4.78 is 0. The number of nitrogens with zero attached hydrogens (tertiary/aromatic N) is 4. The van der Waals surface area contributed by atoms with Crippen molar-refractivity contribution in [2.24, 2.45) is 0 Å². The zero-order chi connectivity index (χ0) is 22.3. The lowest BCUT2D eigenvalue weighted by molar-refractivity contribution is -0.383. The highest BCUT2D eigenvalue weighted by Crippen LogP contribution is 2.38. The van der Waals surface area contributed by atoms with Gasteiger partial charge in [0.05, 0.1) is 11.0 Å². The van der Waals surface area contributed by atoms with Gasteiger partial charge in [-0.25, -0.2) is 9.97 Å². The van der Waals surface area contributed by atoms with Gasteiger partial charge in [0, 0.05) is 12.2 Å². The van der Waals surface area contributed by atoms with Crippen molar-refractivity contribution in [2.45, 2.75) is 13.0 Å². The molecule has 3 aromatic carbocycles. The first-order valence-electron chi connectivity index (χ1n) is 10.4. The highest BCUT2D eigenvalue weighted by Gasteiger charge is 2.29. The second-order valence-corrected chi connectivity index (χ2v) is 7.13. The summed E-state index contributed by atoms with van der Waals surface area (Å²) in [6.07, 6.45) is 1.36. The number of nitro groups is 1. The van der Waals surface area contributed by atoms with E-state index in [0.717, 1.165) is 16.8 Å². The van der Waals surface area contributed by atoms with Crippen LogP contribution in [0.25, 0.3) is 0 Å². The SMILES string of the molecule is CCN(c1ccccc1)c1ncnc(NC(c2ccccc2)c2ccccc2)c1[N+](=O)[O-]. The summed E-state index contributed by atoms with van der Waals surface area (Å²) in [6, 6.07) is 28.8. The molecule has 0 aliphatic heterocycles. The Kier molecular flexibility index (Phi) is 6.36. The zero-order valence-electron chi connectivity index (χ0n) is 17.6. The molecule has 0 radical (unpaired) electrons. The van der Waals surface area contributed by atoms with E-state index in [1.54, 1.807) is 0 Å². The minimum atomic E-state index is -0.420. The van der Waals surface area contributed by atoms with Gasteiger partial charge in [-0.1, -0.05) is 78.9 Å². The van der Waals surface area contributed by atoms with Gasteiger partial charge in [-0.05, 0) is 30.2 Å². The molecule has 160 valence electrons. The topological polar surface area (TPSA) is 84.2 Å². The average Bonchev–Trinajstić information content (AvgIpc) is 2.84. The van der Waals surface area contributed by atoms with Crippen LogP contribution in [0.15, 0.2) is 97.3 Å². The molecule has 32 heavy (non-hydrogen) atoms. The van der Waals surface area contributed by atoms with Crippen LogP contribution >= 0.6 is 0 Å². The Labute approximate surface area is 186 Å². The Balaban J connectivity index is 1.81. The number of para-hydroxylation sites is 1. The third kappa shape index (κ3) is 4.41. The molecule has 4 rings (SSSR count).